The molecule has 0 unspecified atom stereocenters. The first-order chi connectivity index (χ1) is 20.1. The summed E-state index contributed by atoms with van der Waals surface area (Å²) in [5, 5.41) is 17.5. The molecule has 0 saturated carbocycles. The van der Waals surface area contributed by atoms with Gasteiger partial charge in [-0.1, -0.05) is 43.0 Å². The molecule has 0 radical (unpaired) electrons. The van der Waals surface area contributed by atoms with Gasteiger partial charge in [0.25, 0.3) is 11.8 Å². The third-order valence-electron chi connectivity index (χ3n) is 7.32. The summed E-state index contributed by atoms with van der Waals surface area (Å²) in [6.45, 7) is 7.46. The molecular weight excluding hydrogens is 582 g/mol. The van der Waals surface area contributed by atoms with Gasteiger partial charge in [-0.3, -0.25) is 9.59 Å². The van der Waals surface area contributed by atoms with Crippen molar-refractivity contribution >= 4 is 46.5 Å². The number of hydrogen-bond acceptors (Lipinski definition) is 7. The van der Waals surface area contributed by atoms with Crippen LogP contribution in [0.15, 0.2) is 36.4 Å². The number of amides is 2. The Labute approximate surface area is 254 Å². The number of nitrogens with zero attached hydrogens (tertiary/aromatic N) is 3. The Kier molecular flexibility index (Phi) is 9.15. The normalized spacial score (nSPS) is 19.6. The van der Waals surface area contributed by atoms with E-state index in [1.807, 2.05) is 4.90 Å². The molecule has 2 aliphatic rings. The van der Waals surface area contributed by atoms with E-state index in [1.165, 1.54) is 12.1 Å². The lowest BCUT2D eigenvalue weighted by Crippen LogP contribution is -2.55. The van der Waals surface area contributed by atoms with Crippen molar-refractivity contribution in [1.82, 2.24) is 20.4 Å². The predicted octanol–water partition coefficient (Wildman–Crippen LogP) is 6.23. The van der Waals surface area contributed by atoms with Gasteiger partial charge in [0.05, 0.1) is 15.6 Å². The maximum absolute atomic E-state index is 14.7. The Hall–Kier alpha value is -3.47. The van der Waals surface area contributed by atoms with Crippen molar-refractivity contribution in [2.24, 2.45) is 0 Å². The first-order valence-electron chi connectivity index (χ1n) is 14.1. The summed E-state index contributed by atoms with van der Waals surface area (Å²) in [5.74, 6) is -0.617. The third kappa shape index (κ3) is 6.45. The second-order valence-electron chi connectivity index (χ2n) is 10.8. The molecule has 2 aliphatic heterocycles. The van der Waals surface area contributed by atoms with Gasteiger partial charge in [-0.2, -0.15) is 0 Å². The summed E-state index contributed by atoms with van der Waals surface area (Å²) in [5.41, 5.74) is 1.97. The van der Waals surface area contributed by atoms with Crippen LogP contribution in [0.4, 0.5) is 15.9 Å². The van der Waals surface area contributed by atoms with E-state index in [2.05, 4.69) is 46.9 Å². The van der Waals surface area contributed by atoms with Gasteiger partial charge in [0.2, 0.25) is 6.23 Å². The maximum Gasteiger partial charge on any atom is 0.276 e. The number of hydrogen-bond donors (Lipinski definition) is 3. The van der Waals surface area contributed by atoms with Crippen molar-refractivity contribution in [2.45, 2.75) is 64.8 Å². The van der Waals surface area contributed by atoms with Crippen molar-refractivity contribution in [2.75, 3.05) is 23.7 Å². The molecule has 3 atom stereocenters. The Morgan fingerprint density at radius 2 is 1.79 bits per heavy atom. The number of halogens is 3. The molecule has 9 nitrogen and oxygen atoms in total. The quantitative estimate of drug-likeness (QED) is 0.204. The Morgan fingerprint density at radius 3 is 2.48 bits per heavy atom. The van der Waals surface area contributed by atoms with Crippen molar-refractivity contribution in [3.63, 3.8) is 0 Å². The fraction of sp³-hybridized carbons (Fsp3) is 0.400. The van der Waals surface area contributed by atoms with Gasteiger partial charge in [0.15, 0.2) is 17.3 Å². The van der Waals surface area contributed by atoms with Gasteiger partial charge in [-0.05, 0) is 62.6 Å². The van der Waals surface area contributed by atoms with Crippen LogP contribution in [-0.4, -0.2) is 52.1 Å². The topological polar surface area (TPSA) is 108 Å². The average molecular weight is 616 g/mol. The van der Waals surface area contributed by atoms with Gasteiger partial charge in [-0.25, -0.2) is 4.39 Å². The van der Waals surface area contributed by atoms with Crippen LogP contribution in [0.3, 0.4) is 0 Å². The molecule has 1 saturated heterocycles. The lowest BCUT2D eigenvalue weighted by Gasteiger charge is -2.36. The number of aryl methyl sites for hydroxylation is 1. The molecule has 1 aromatic heterocycles. The lowest BCUT2D eigenvalue weighted by molar-refractivity contribution is 0.0673. The first-order valence-corrected chi connectivity index (χ1v) is 14.8. The van der Waals surface area contributed by atoms with E-state index in [4.69, 9.17) is 27.9 Å². The predicted molar refractivity (Wildman–Crippen MR) is 161 cm³/mol. The van der Waals surface area contributed by atoms with Crippen molar-refractivity contribution < 1.29 is 18.7 Å². The van der Waals surface area contributed by atoms with Gasteiger partial charge in [0, 0.05) is 42.5 Å². The summed E-state index contributed by atoms with van der Waals surface area (Å²) in [6, 6.07) is 9.95. The molecular formula is C30H33Cl2FN6O3. The molecule has 2 amide bonds. The molecule has 0 spiro atoms. The van der Waals surface area contributed by atoms with E-state index in [0.717, 1.165) is 19.3 Å². The van der Waals surface area contributed by atoms with E-state index in [9.17, 15) is 14.0 Å². The van der Waals surface area contributed by atoms with Crippen molar-refractivity contribution in [3.8, 4) is 5.75 Å². The minimum absolute atomic E-state index is 0.0110. The van der Waals surface area contributed by atoms with Crippen LogP contribution in [0, 0.1) is 5.82 Å². The number of nitrogens with one attached hydrogen (secondary N) is 3. The number of piperazine rings is 1. The number of anilines is 2. The highest BCUT2D eigenvalue weighted by Gasteiger charge is 2.32. The molecule has 12 heteroatoms. The van der Waals surface area contributed by atoms with Crippen LogP contribution in [0.1, 0.15) is 78.2 Å². The molecule has 222 valence electrons. The zero-order chi connectivity index (χ0) is 30.0. The van der Waals surface area contributed by atoms with E-state index < -0.39 is 18.0 Å². The van der Waals surface area contributed by atoms with Crippen molar-refractivity contribution in [3.05, 3.63) is 74.6 Å². The SMILES string of the molecule is CCCCCc1cc(F)c(Cl)c([C@H]2Nc3nnc(C(=O)Nc4ccc(C(=O)N5C[C@@H](C)N[C@@H](C)C5)cc4)cc3O2)c1Cl. The summed E-state index contributed by atoms with van der Waals surface area (Å²) >= 11 is 13.0. The van der Waals surface area contributed by atoms with Gasteiger partial charge in [0.1, 0.15) is 5.82 Å². The summed E-state index contributed by atoms with van der Waals surface area (Å²) < 4.78 is 20.7. The van der Waals surface area contributed by atoms with Crippen LogP contribution in [0.25, 0.3) is 0 Å². The Morgan fingerprint density at radius 1 is 1.07 bits per heavy atom. The molecule has 3 heterocycles. The first kappa shape index (κ1) is 30.0. The third-order valence-corrected chi connectivity index (χ3v) is 8.15. The molecule has 3 aromatic rings. The van der Waals surface area contributed by atoms with Crippen LogP contribution >= 0.6 is 23.2 Å². The van der Waals surface area contributed by atoms with E-state index in [1.54, 1.807) is 24.3 Å². The number of ether oxygens (including phenoxy) is 1. The molecule has 1 fully saturated rings. The summed E-state index contributed by atoms with van der Waals surface area (Å²) in [6.07, 6.45) is 2.60. The number of benzene rings is 2. The fourth-order valence-electron chi connectivity index (χ4n) is 5.31. The van der Waals surface area contributed by atoms with Crippen molar-refractivity contribution in [1.29, 1.82) is 0 Å². The number of aromatic nitrogens is 2. The van der Waals surface area contributed by atoms with Gasteiger partial charge < -0.3 is 25.6 Å². The highest BCUT2D eigenvalue weighted by Crippen LogP contribution is 2.43. The molecule has 5 rings (SSSR count). The lowest BCUT2D eigenvalue weighted by atomic mass is 10.0. The zero-order valence-corrected chi connectivity index (χ0v) is 25.2. The average Bonchev–Trinajstić information content (AvgIpc) is 3.38. The number of rotatable bonds is 8. The minimum Gasteiger partial charge on any atom is -0.462 e. The standard InChI is InChI=1S/C30H33Cl2FN6O3/c1-4-5-6-7-19-12-21(33)26(32)24(25(19)31)29-36-27-23(42-29)13-22(37-38-27)28(40)35-20-10-8-18(9-11-20)30(41)39-14-16(2)34-17(3)15-39/h8-13,16-17,29,34H,4-7,14-15H2,1-3H3,(H,35,40)(H,36,38)/t16-,17+,29-/m0/s1. The molecule has 0 aliphatic carbocycles. The van der Waals surface area contributed by atoms with Gasteiger partial charge in [-0.15, -0.1) is 10.2 Å². The largest absolute Gasteiger partial charge is 0.462 e. The van der Waals surface area contributed by atoms with E-state index in [0.29, 0.717) is 41.3 Å². The van der Waals surface area contributed by atoms with Crippen LogP contribution < -0.4 is 20.7 Å². The molecule has 0 bridgehead atoms. The second-order valence-corrected chi connectivity index (χ2v) is 11.6. The highest BCUT2D eigenvalue weighted by atomic mass is 35.5. The fourth-order valence-corrected chi connectivity index (χ4v) is 5.95. The van der Waals surface area contributed by atoms with Crippen LogP contribution in [0.2, 0.25) is 10.0 Å². The smallest absolute Gasteiger partial charge is 0.276 e. The highest BCUT2D eigenvalue weighted by molar-refractivity contribution is 6.36. The Balaban J connectivity index is 1.26. The zero-order valence-electron chi connectivity index (χ0n) is 23.6. The second kappa shape index (κ2) is 12.8. The van der Waals surface area contributed by atoms with E-state index in [-0.39, 0.29) is 45.8 Å². The van der Waals surface area contributed by atoms with Crippen LogP contribution in [-0.2, 0) is 6.42 Å². The van der Waals surface area contributed by atoms with Gasteiger partial charge >= 0.3 is 0 Å². The summed E-state index contributed by atoms with van der Waals surface area (Å²) in [7, 11) is 0. The molecule has 42 heavy (non-hydrogen) atoms. The Bertz CT molecular complexity index is 1480. The molecule has 3 N–H and O–H groups in total. The monoisotopic (exact) mass is 614 g/mol. The van der Waals surface area contributed by atoms with Crippen LogP contribution in [0.5, 0.6) is 5.75 Å². The number of carbonyl (C=O) groups excluding carboxylic acids is 2. The number of fused-ring (bicyclic) bond motifs is 1. The maximum atomic E-state index is 14.7. The number of unbranched alkanes of at least 4 members (excludes halogenated alkanes) is 2. The molecule has 2 aromatic carbocycles. The van der Waals surface area contributed by atoms with E-state index >= 15 is 0 Å². The number of carbonyl (C=O) groups is 2. The summed E-state index contributed by atoms with van der Waals surface area (Å²) in [4.78, 5) is 27.8. The minimum atomic E-state index is -0.903.